The summed E-state index contributed by atoms with van der Waals surface area (Å²) < 4.78 is 6.00. The number of likely N-dealkylation sites (tertiary alicyclic amines) is 1. The number of aromatic nitrogens is 2. The first kappa shape index (κ1) is 19.5. The van der Waals surface area contributed by atoms with Crippen molar-refractivity contribution in [1.82, 2.24) is 15.1 Å². The van der Waals surface area contributed by atoms with E-state index >= 15 is 0 Å². The van der Waals surface area contributed by atoms with Crippen molar-refractivity contribution >= 4 is 29.3 Å². The van der Waals surface area contributed by atoms with Crippen molar-refractivity contribution in [3.8, 4) is 16.9 Å². The minimum absolute atomic E-state index is 0.161. The van der Waals surface area contributed by atoms with Gasteiger partial charge in [0.15, 0.2) is 5.75 Å². The fourth-order valence-corrected chi connectivity index (χ4v) is 3.25. The van der Waals surface area contributed by atoms with E-state index in [1.54, 1.807) is 12.1 Å². The van der Waals surface area contributed by atoms with Crippen molar-refractivity contribution in [2.45, 2.75) is 25.6 Å². The van der Waals surface area contributed by atoms with Crippen molar-refractivity contribution in [3.05, 3.63) is 44.3 Å². The molecule has 2 heterocycles. The molecule has 0 spiro atoms. The average Bonchev–Trinajstić information content (AvgIpc) is 2.65. The molecule has 3 rings (SSSR count). The van der Waals surface area contributed by atoms with E-state index in [9.17, 15) is 14.7 Å². The number of aliphatic hydroxyl groups excluding tert-OH is 1. The highest BCUT2D eigenvalue weighted by molar-refractivity contribution is 6.42. The van der Waals surface area contributed by atoms with Crippen LogP contribution in [0.4, 0.5) is 4.79 Å². The van der Waals surface area contributed by atoms with Gasteiger partial charge in [-0.05, 0) is 17.7 Å². The number of benzene rings is 1. The molecule has 2 aromatic rings. The quantitative estimate of drug-likeness (QED) is 0.709. The van der Waals surface area contributed by atoms with Gasteiger partial charge in [-0.2, -0.15) is 5.10 Å². The number of aromatic amines is 1. The zero-order valence-corrected chi connectivity index (χ0v) is 15.6. The Hall–Kier alpha value is -2.29. The fourth-order valence-electron chi connectivity index (χ4n) is 2.95. The number of ether oxygens (including phenoxy) is 1. The molecule has 1 saturated heterocycles. The molecule has 0 aliphatic carbocycles. The molecule has 0 saturated carbocycles. The normalized spacial score (nSPS) is 15.0. The molecule has 144 valence electrons. The molecular formula is C17H17Cl2N3O5. The van der Waals surface area contributed by atoms with Gasteiger partial charge >= 0.3 is 6.09 Å². The molecule has 3 N–H and O–H groups in total. The van der Waals surface area contributed by atoms with E-state index < -0.39 is 18.3 Å². The Kier molecular flexibility index (Phi) is 5.88. The van der Waals surface area contributed by atoms with Crippen LogP contribution >= 0.6 is 23.2 Å². The third kappa shape index (κ3) is 4.18. The van der Waals surface area contributed by atoms with Gasteiger partial charge in [0.2, 0.25) is 0 Å². The molecular weight excluding hydrogens is 397 g/mol. The number of nitrogens with one attached hydrogen (secondary N) is 1. The lowest BCUT2D eigenvalue weighted by molar-refractivity contribution is 0.0879. The predicted octanol–water partition coefficient (Wildman–Crippen LogP) is 2.76. The molecule has 0 bridgehead atoms. The van der Waals surface area contributed by atoms with Crippen LogP contribution in [0, 0.1) is 0 Å². The summed E-state index contributed by atoms with van der Waals surface area (Å²) in [5.74, 6) is 0.161. The molecule has 1 aromatic carbocycles. The molecule has 1 fully saturated rings. The highest BCUT2D eigenvalue weighted by Gasteiger charge is 2.26. The molecule has 1 aliphatic rings. The van der Waals surface area contributed by atoms with Crippen molar-refractivity contribution in [2.24, 2.45) is 0 Å². The Morgan fingerprint density at radius 1 is 1.30 bits per heavy atom. The van der Waals surface area contributed by atoms with E-state index in [0.717, 1.165) is 0 Å². The summed E-state index contributed by atoms with van der Waals surface area (Å²) in [4.78, 5) is 24.8. The molecule has 1 amide bonds. The average molecular weight is 414 g/mol. The van der Waals surface area contributed by atoms with E-state index in [-0.39, 0.29) is 28.1 Å². The number of hydrogen-bond donors (Lipinski definition) is 3. The van der Waals surface area contributed by atoms with Crippen LogP contribution in [0.1, 0.15) is 18.5 Å². The molecule has 1 aromatic heterocycles. The number of amides is 1. The monoisotopic (exact) mass is 413 g/mol. The Bertz CT molecular complexity index is 910. The number of H-pyrrole nitrogens is 1. The van der Waals surface area contributed by atoms with Gasteiger partial charge < -0.3 is 19.8 Å². The zero-order chi connectivity index (χ0) is 19.6. The van der Waals surface area contributed by atoms with Gasteiger partial charge in [0.25, 0.3) is 5.56 Å². The largest absolute Gasteiger partial charge is 0.487 e. The Balaban J connectivity index is 1.96. The summed E-state index contributed by atoms with van der Waals surface area (Å²) in [5.41, 5.74) is 0.342. The molecule has 0 radical (unpaired) electrons. The van der Waals surface area contributed by atoms with Crippen LogP contribution in [0.15, 0.2) is 23.0 Å². The van der Waals surface area contributed by atoms with Crippen LogP contribution < -0.4 is 10.3 Å². The van der Waals surface area contributed by atoms with Gasteiger partial charge in [-0.15, -0.1) is 0 Å². The highest BCUT2D eigenvalue weighted by atomic mass is 35.5. The van der Waals surface area contributed by atoms with Gasteiger partial charge in [-0.3, -0.25) is 4.79 Å². The first-order valence-electron chi connectivity index (χ1n) is 8.23. The smallest absolute Gasteiger partial charge is 0.407 e. The Morgan fingerprint density at radius 3 is 2.59 bits per heavy atom. The van der Waals surface area contributed by atoms with Crippen LogP contribution in [0.25, 0.3) is 11.1 Å². The van der Waals surface area contributed by atoms with Crippen molar-refractivity contribution in [3.63, 3.8) is 0 Å². The van der Waals surface area contributed by atoms with E-state index in [2.05, 4.69) is 10.2 Å². The van der Waals surface area contributed by atoms with Crippen LogP contribution in [-0.4, -0.2) is 50.6 Å². The van der Waals surface area contributed by atoms with Crippen LogP contribution in [-0.2, 0) is 6.61 Å². The number of rotatable bonds is 4. The van der Waals surface area contributed by atoms with E-state index in [0.29, 0.717) is 36.5 Å². The molecule has 27 heavy (non-hydrogen) atoms. The SMILES string of the molecule is O=C(O)N1CCC(Oc2c(CO)n[nH]c(=O)c2-c2ccc(Cl)c(Cl)c2)CC1. The number of aliphatic hydroxyl groups is 1. The predicted molar refractivity (Wildman–Crippen MR) is 99.5 cm³/mol. The summed E-state index contributed by atoms with van der Waals surface area (Å²) >= 11 is 12.0. The van der Waals surface area contributed by atoms with Crippen LogP contribution in [0.2, 0.25) is 10.0 Å². The van der Waals surface area contributed by atoms with Crippen molar-refractivity contribution in [1.29, 1.82) is 0 Å². The van der Waals surface area contributed by atoms with Crippen LogP contribution in [0.3, 0.4) is 0 Å². The molecule has 0 unspecified atom stereocenters. The number of halogens is 2. The van der Waals surface area contributed by atoms with Crippen molar-refractivity contribution < 1.29 is 19.7 Å². The molecule has 1 aliphatic heterocycles. The van der Waals surface area contributed by atoms with E-state index in [1.807, 2.05) is 0 Å². The molecule has 0 atom stereocenters. The zero-order valence-electron chi connectivity index (χ0n) is 14.1. The van der Waals surface area contributed by atoms with E-state index in [4.69, 9.17) is 33.0 Å². The number of hydrogen-bond acceptors (Lipinski definition) is 5. The number of carbonyl (C=O) groups is 1. The highest BCUT2D eigenvalue weighted by Crippen LogP contribution is 2.34. The second kappa shape index (κ2) is 8.16. The van der Waals surface area contributed by atoms with Crippen LogP contribution in [0.5, 0.6) is 5.75 Å². The second-order valence-electron chi connectivity index (χ2n) is 6.08. The fraction of sp³-hybridized carbons (Fsp3) is 0.353. The third-order valence-electron chi connectivity index (χ3n) is 4.36. The lowest BCUT2D eigenvalue weighted by Gasteiger charge is -2.31. The topological polar surface area (TPSA) is 116 Å². The summed E-state index contributed by atoms with van der Waals surface area (Å²) in [5, 5.41) is 25.5. The van der Waals surface area contributed by atoms with Crippen molar-refractivity contribution in [2.75, 3.05) is 13.1 Å². The third-order valence-corrected chi connectivity index (χ3v) is 5.10. The first-order chi connectivity index (χ1) is 12.9. The van der Waals surface area contributed by atoms with Gasteiger partial charge in [-0.1, -0.05) is 29.3 Å². The minimum atomic E-state index is -0.973. The number of piperidine rings is 1. The van der Waals surface area contributed by atoms with Gasteiger partial charge in [0.1, 0.15) is 11.8 Å². The minimum Gasteiger partial charge on any atom is -0.487 e. The first-order valence-corrected chi connectivity index (χ1v) is 8.98. The lowest BCUT2D eigenvalue weighted by Crippen LogP contribution is -2.41. The summed E-state index contributed by atoms with van der Waals surface area (Å²) in [6, 6.07) is 4.72. The van der Waals surface area contributed by atoms with E-state index in [1.165, 1.54) is 11.0 Å². The summed E-state index contributed by atoms with van der Waals surface area (Å²) in [6.07, 6.45) is -0.356. The maximum atomic E-state index is 12.4. The maximum absolute atomic E-state index is 12.4. The Labute approximate surface area is 164 Å². The lowest BCUT2D eigenvalue weighted by atomic mass is 10.0. The molecule has 10 heteroatoms. The number of carboxylic acid groups (broad SMARTS) is 1. The van der Waals surface area contributed by atoms with Gasteiger partial charge in [-0.25, -0.2) is 9.89 Å². The number of nitrogens with zero attached hydrogens (tertiary/aromatic N) is 2. The van der Waals surface area contributed by atoms with Gasteiger partial charge in [0.05, 0.1) is 22.2 Å². The van der Waals surface area contributed by atoms with Gasteiger partial charge in [0, 0.05) is 25.9 Å². The second-order valence-corrected chi connectivity index (χ2v) is 6.89. The summed E-state index contributed by atoms with van der Waals surface area (Å²) in [7, 11) is 0. The molecule has 8 nitrogen and oxygen atoms in total. The summed E-state index contributed by atoms with van der Waals surface area (Å²) in [6.45, 7) is 0.217. The standard InChI is InChI=1S/C17H17Cl2N3O5/c18-11-2-1-9(7-12(11)19)14-15(13(8-23)20-21-16(14)24)27-10-3-5-22(6-4-10)17(25)26/h1-2,7,10,23H,3-6,8H2,(H,21,24)(H,25,26). The maximum Gasteiger partial charge on any atom is 0.407 e. The Morgan fingerprint density at radius 2 is 2.00 bits per heavy atom.